The van der Waals surface area contributed by atoms with Crippen LogP contribution in [0.2, 0.25) is 0 Å². The van der Waals surface area contributed by atoms with Gasteiger partial charge < -0.3 is 0 Å². The lowest BCUT2D eigenvalue weighted by atomic mass is 10.2. The molecule has 0 aromatic rings. The van der Waals surface area contributed by atoms with Gasteiger partial charge in [-0.3, -0.25) is 20.2 Å². The molecule has 13 heteroatoms. The van der Waals surface area contributed by atoms with Gasteiger partial charge in [-0.05, 0) is 10.8 Å². The Balaban J connectivity index is 4.65. The maximum atomic E-state index is 10.5. The molecule has 1 N–H and O–H groups in total. The van der Waals surface area contributed by atoms with Crippen LogP contribution in [-0.4, -0.2) is 28.6 Å². The number of hydrogen-bond acceptors (Lipinski definition) is 6. The third-order valence-corrected chi connectivity index (χ3v) is 1.66. The fraction of sp³-hybridized carbons (Fsp3) is 1.00. The van der Waals surface area contributed by atoms with Crippen LogP contribution in [0.5, 0.6) is 0 Å². The van der Waals surface area contributed by atoms with Crippen molar-refractivity contribution < 1.29 is 9.85 Å². The lowest BCUT2D eigenvalue weighted by Gasteiger charge is -2.08. The van der Waals surface area contributed by atoms with Crippen molar-refractivity contribution in [3.8, 4) is 0 Å². The van der Waals surface area contributed by atoms with E-state index in [0.29, 0.717) is 0 Å². The van der Waals surface area contributed by atoms with Crippen LogP contribution in [0.1, 0.15) is 6.42 Å². The Morgan fingerprint density at radius 3 is 2.29 bits per heavy atom. The van der Waals surface area contributed by atoms with E-state index in [0.717, 1.165) is 0 Å². The molecule has 0 spiro atoms. The van der Waals surface area contributed by atoms with Gasteiger partial charge in [-0.2, -0.15) is 10.3 Å². The maximum absolute atomic E-state index is 10.5. The van der Waals surface area contributed by atoms with E-state index in [1.54, 1.807) is 5.43 Å². The maximum Gasteiger partial charge on any atom is 0.354 e. The number of rotatable bonds is 8. The van der Waals surface area contributed by atoms with Crippen LogP contribution in [0.25, 0.3) is 20.9 Å². The first kappa shape index (κ1) is 14.2. The fourth-order valence-corrected chi connectivity index (χ4v) is 0.894. The average molecular weight is 245 g/mol. The molecule has 13 nitrogen and oxygen atoms in total. The summed E-state index contributed by atoms with van der Waals surface area (Å²) in [6.45, 7) is -0.522. The van der Waals surface area contributed by atoms with Crippen LogP contribution in [0.15, 0.2) is 10.3 Å². The minimum Gasteiger partial charge on any atom is -0.264 e. The molecular formula is C4H7N9O4. The molecule has 0 heterocycles. The van der Waals surface area contributed by atoms with Crippen molar-refractivity contribution in [2.45, 2.75) is 18.6 Å². The first-order valence-electron chi connectivity index (χ1n) is 4.10. The van der Waals surface area contributed by atoms with Crippen molar-refractivity contribution in [2.75, 3.05) is 6.54 Å². The molecule has 0 aliphatic carbocycles. The monoisotopic (exact) mass is 245 g/mol. The number of nitrogens with one attached hydrogen (secondary N) is 1. The SMILES string of the molecule is [N-]=[N+]=NCC(CC(NN=[N+]=[N-])[N+](=O)[O-])[N+](=O)[O-]. The summed E-state index contributed by atoms with van der Waals surface area (Å²) in [6.07, 6.45) is -2.19. The second-order valence-corrected chi connectivity index (χ2v) is 2.71. The summed E-state index contributed by atoms with van der Waals surface area (Å²) in [5.41, 5.74) is 17.8. The quantitative estimate of drug-likeness (QED) is 0.164. The molecule has 0 bridgehead atoms. The highest BCUT2D eigenvalue weighted by Crippen LogP contribution is 2.04. The van der Waals surface area contributed by atoms with E-state index < -0.39 is 35.0 Å². The third-order valence-electron chi connectivity index (χ3n) is 1.66. The lowest BCUT2D eigenvalue weighted by Crippen LogP contribution is -2.39. The molecule has 0 aliphatic heterocycles. The number of hydrogen-bond donors (Lipinski definition) is 1. The van der Waals surface area contributed by atoms with Crippen LogP contribution < -0.4 is 5.43 Å². The van der Waals surface area contributed by atoms with E-state index in [-0.39, 0.29) is 0 Å². The van der Waals surface area contributed by atoms with E-state index in [2.05, 4.69) is 20.2 Å². The van der Waals surface area contributed by atoms with Crippen molar-refractivity contribution in [2.24, 2.45) is 10.3 Å². The number of nitro groups is 2. The summed E-state index contributed by atoms with van der Waals surface area (Å²) in [7, 11) is 0. The Hall–Kier alpha value is -2.78. The van der Waals surface area contributed by atoms with Crippen molar-refractivity contribution in [3.05, 3.63) is 41.1 Å². The molecule has 2 unspecified atom stereocenters. The van der Waals surface area contributed by atoms with Gasteiger partial charge in [0.05, 0.1) is 11.5 Å². The highest BCUT2D eigenvalue weighted by atomic mass is 16.6. The Bertz CT molecular complexity index is 346. The van der Waals surface area contributed by atoms with Gasteiger partial charge in [-0.15, -0.1) is 5.53 Å². The topological polar surface area (TPSA) is 196 Å². The van der Waals surface area contributed by atoms with E-state index in [1.165, 1.54) is 0 Å². The van der Waals surface area contributed by atoms with E-state index >= 15 is 0 Å². The van der Waals surface area contributed by atoms with Gasteiger partial charge in [0.15, 0.2) is 0 Å². The molecular weight excluding hydrogens is 238 g/mol. The molecule has 0 saturated heterocycles. The molecule has 0 amide bonds. The van der Waals surface area contributed by atoms with Gasteiger partial charge in [-0.25, -0.2) is 0 Å². The average Bonchev–Trinajstić information content (AvgIpc) is 2.27. The number of nitrogens with zero attached hydrogens (tertiary/aromatic N) is 8. The van der Waals surface area contributed by atoms with Gasteiger partial charge in [-0.1, -0.05) is 5.11 Å². The highest BCUT2D eigenvalue weighted by Gasteiger charge is 2.33. The Kier molecular flexibility index (Phi) is 6.28. The van der Waals surface area contributed by atoms with Crippen molar-refractivity contribution >= 4 is 0 Å². The molecule has 0 saturated carbocycles. The predicted molar refractivity (Wildman–Crippen MR) is 52.5 cm³/mol. The van der Waals surface area contributed by atoms with Gasteiger partial charge in [0.1, 0.15) is 6.42 Å². The first-order chi connectivity index (χ1) is 8.02. The summed E-state index contributed by atoms with van der Waals surface area (Å²) in [6, 6.07) is -1.43. The summed E-state index contributed by atoms with van der Waals surface area (Å²) in [5, 5.41) is 26.7. The van der Waals surface area contributed by atoms with Crippen molar-refractivity contribution in [1.82, 2.24) is 5.43 Å². The van der Waals surface area contributed by atoms with Crippen molar-refractivity contribution in [1.29, 1.82) is 0 Å². The van der Waals surface area contributed by atoms with Gasteiger partial charge in [0, 0.05) is 9.84 Å². The normalized spacial score (nSPS) is 12.5. The summed E-state index contributed by atoms with van der Waals surface area (Å²) in [5.74, 6) is 0. The third kappa shape index (κ3) is 5.61. The largest absolute Gasteiger partial charge is 0.354 e. The van der Waals surface area contributed by atoms with Crippen LogP contribution in [0, 0.1) is 20.2 Å². The molecule has 92 valence electrons. The second-order valence-electron chi connectivity index (χ2n) is 2.71. The zero-order chi connectivity index (χ0) is 13.3. The van der Waals surface area contributed by atoms with Gasteiger partial charge in [0.2, 0.25) is 6.04 Å². The van der Waals surface area contributed by atoms with Crippen LogP contribution >= 0.6 is 0 Å². The highest BCUT2D eigenvalue weighted by molar-refractivity contribution is 4.65. The lowest BCUT2D eigenvalue weighted by molar-refractivity contribution is -0.563. The minimum atomic E-state index is -1.62. The second kappa shape index (κ2) is 7.50. The molecule has 0 fully saturated rings. The van der Waals surface area contributed by atoms with Crippen molar-refractivity contribution in [3.63, 3.8) is 0 Å². The molecule has 17 heavy (non-hydrogen) atoms. The standard InChI is InChI=1S/C4H7N9O4/c5-9-7-2-3(12(14)15)1-4(13(16)17)8-11-10-6/h3-4,8H,1-2H2. The molecule has 0 aromatic heterocycles. The fourth-order valence-electron chi connectivity index (χ4n) is 0.894. The molecule has 2 atom stereocenters. The summed E-state index contributed by atoms with van der Waals surface area (Å²) >= 11 is 0. The zero-order valence-electron chi connectivity index (χ0n) is 8.28. The Morgan fingerprint density at radius 1 is 1.24 bits per heavy atom. The molecule has 0 aliphatic rings. The molecule has 0 radical (unpaired) electrons. The Morgan fingerprint density at radius 2 is 1.88 bits per heavy atom. The number of azide groups is 2. The van der Waals surface area contributed by atoms with E-state index in [9.17, 15) is 20.2 Å². The first-order valence-corrected chi connectivity index (χ1v) is 4.10. The smallest absolute Gasteiger partial charge is 0.264 e. The Labute approximate surface area is 92.9 Å². The van der Waals surface area contributed by atoms with E-state index in [4.69, 9.17) is 11.1 Å². The van der Waals surface area contributed by atoms with E-state index in [1.807, 2.05) is 0 Å². The molecule has 0 rings (SSSR count). The molecule has 0 aromatic carbocycles. The predicted octanol–water partition coefficient (Wildman–Crippen LogP) is 0.750. The zero-order valence-corrected chi connectivity index (χ0v) is 8.28. The minimum absolute atomic E-state index is 0.522. The van der Waals surface area contributed by atoms with Crippen LogP contribution in [0.4, 0.5) is 0 Å². The summed E-state index contributed by atoms with van der Waals surface area (Å²) < 4.78 is 0. The summed E-state index contributed by atoms with van der Waals surface area (Å²) in [4.78, 5) is 23.9. The van der Waals surface area contributed by atoms with Crippen LogP contribution in [-0.2, 0) is 0 Å². The van der Waals surface area contributed by atoms with Crippen LogP contribution in [0.3, 0.4) is 0 Å². The van der Waals surface area contributed by atoms with Gasteiger partial charge >= 0.3 is 6.17 Å². The van der Waals surface area contributed by atoms with Gasteiger partial charge in [0.25, 0.3) is 0 Å².